The molecule has 1 fully saturated rings. The van der Waals surface area contributed by atoms with Crippen molar-refractivity contribution >= 4 is 0 Å². The van der Waals surface area contributed by atoms with Crippen molar-refractivity contribution in [3.8, 4) is 0 Å². The van der Waals surface area contributed by atoms with Crippen LogP contribution in [0.15, 0.2) is 24.3 Å². The Labute approximate surface area is 86.3 Å². The standard InChI is InChI=1S/C13H19N/c1-10(14)12-7-4-8-13(9-12)11-5-2-3-6-11/h4,7-11H,2-3,5-6,14H2,1H3. The molecule has 0 saturated heterocycles. The first kappa shape index (κ1) is 9.72. The molecule has 76 valence electrons. The quantitative estimate of drug-likeness (QED) is 0.758. The van der Waals surface area contributed by atoms with Gasteiger partial charge in [0.2, 0.25) is 0 Å². The van der Waals surface area contributed by atoms with Crippen molar-refractivity contribution in [3.63, 3.8) is 0 Å². The summed E-state index contributed by atoms with van der Waals surface area (Å²) in [5.74, 6) is 0.800. The van der Waals surface area contributed by atoms with Gasteiger partial charge in [0.25, 0.3) is 0 Å². The topological polar surface area (TPSA) is 26.0 Å². The summed E-state index contributed by atoms with van der Waals surface area (Å²) in [5, 5.41) is 0. The summed E-state index contributed by atoms with van der Waals surface area (Å²) in [6.45, 7) is 2.05. The predicted octanol–water partition coefficient (Wildman–Crippen LogP) is 3.36. The zero-order valence-corrected chi connectivity index (χ0v) is 8.87. The summed E-state index contributed by atoms with van der Waals surface area (Å²) in [6.07, 6.45) is 5.52. The smallest absolute Gasteiger partial charge is 0.0266 e. The number of hydrogen-bond donors (Lipinski definition) is 1. The minimum Gasteiger partial charge on any atom is -0.324 e. The molecule has 0 radical (unpaired) electrons. The first-order valence-corrected chi connectivity index (χ1v) is 5.63. The Bertz CT molecular complexity index is 298. The molecule has 1 aliphatic carbocycles. The molecule has 1 aromatic rings. The van der Waals surface area contributed by atoms with Gasteiger partial charge in [-0.1, -0.05) is 37.1 Å². The van der Waals surface area contributed by atoms with Gasteiger partial charge in [0.05, 0.1) is 0 Å². The van der Waals surface area contributed by atoms with E-state index in [4.69, 9.17) is 5.73 Å². The molecule has 0 aromatic heterocycles. The van der Waals surface area contributed by atoms with E-state index in [0.717, 1.165) is 5.92 Å². The van der Waals surface area contributed by atoms with Gasteiger partial charge in [-0.3, -0.25) is 0 Å². The summed E-state index contributed by atoms with van der Waals surface area (Å²) in [5.41, 5.74) is 8.65. The fraction of sp³-hybridized carbons (Fsp3) is 0.538. The van der Waals surface area contributed by atoms with Crippen LogP contribution >= 0.6 is 0 Å². The van der Waals surface area contributed by atoms with Crippen molar-refractivity contribution in [2.75, 3.05) is 0 Å². The molecule has 1 atom stereocenters. The fourth-order valence-electron chi connectivity index (χ4n) is 2.36. The maximum absolute atomic E-state index is 5.88. The number of benzene rings is 1. The van der Waals surface area contributed by atoms with Gasteiger partial charge in [-0.25, -0.2) is 0 Å². The Hall–Kier alpha value is -0.820. The molecule has 0 spiro atoms. The van der Waals surface area contributed by atoms with E-state index in [1.54, 1.807) is 0 Å². The highest BCUT2D eigenvalue weighted by Crippen LogP contribution is 2.34. The molecule has 1 aromatic carbocycles. The Kier molecular flexibility index (Phi) is 2.87. The first-order valence-electron chi connectivity index (χ1n) is 5.63. The monoisotopic (exact) mass is 189 g/mol. The summed E-state index contributed by atoms with van der Waals surface area (Å²) in [6, 6.07) is 8.98. The molecule has 0 aliphatic heterocycles. The second-order valence-electron chi connectivity index (χ2n) is 4.44. The lowest BCUT2D eigenvalue weighted by molar-refractivity contribution is 0.717. The van der Waals surface area contributed by atoms with Gasteiger partial charge in [0.1, 0.15) is 0 Å². The molecule has 1 aliphatic rings. The van der Waals surface area contributed by atoms with Crippen LogP contribution in [0.3, 0.4) is 0 Å². The van der Waals surface area contributed by atoms with Gasteiger partial charge in [-0.2, -0.15) is 0 Å². The van der Waals surface area contributed by atoms with Crippen LogP contribution in [0, 0.1) is 0 Å². The molecule has 1 unspecified atom stereocenters. The second kappa shape index (κ2) is 4.14. The fourth-order valence-corrected chi connectivity index (χ4v) is 2.36. The molecular weight excluding hydrogens is 170 g/mol. The Morgan fingerprint density at radius 2 is 2.00 bits per heavy atom. The lowest BCUT2D eigenvalue weighted by atomic mass is 9.95. The highest BCUT2D eigenvalue weighted by molar-refractivity contribution is 5.28. The summed E-state index contributed by atoms with van der Waals surface area (Å²) in [7, 11) is 0. The van der Waals surface area contributed by atoms with Crippen molar-refractivity contribution < 1.29 is 0 Å². The van der Waals surface area contributed by atoms with Crippen LogP contribution in [0.4, 0.5) is 0 Å². The third-order valence-corrected chi connectivity index (χ3v) is 3.26. The van der Waals surface area contributed by atoms with Crippen molar-refractivity contribution in [1.29, 1.82) is 0 Å². The average molecular weight is 189 g/mol. The molecule has 1 heteroatoms. The van der Waals surface area contributed by atoms with Gasteiger partial charge in [-0.05, 0) is 36.8 Å². The molecule has 1 saturated carbocycles. The maximum atomic E-state index is 5.88. The molecule has 2 rings (SSSR count). The van der Waals surface area contributed by atoms with Crippen molar-refractivity contribution in [2.24, 2.45) is 5.73 Å². The molecule has 14 heavy (non-hydrogen) atoms. The third-order valence-electron chi connectivity index (χ3n) is 3.26. The van der Waals surface area contributed by atoms with E-state index in [-0.39, 0.29) is 6.04 Å². The van der Waals surface area contributed by atoms with Crippen LogP contribution in [-0.4, -0.2) is 0 Å². The zero-order chi connectivity index (χ0) is 9.97. The lowest BCUT2D eigenvalue weighted by Gasteiger charge is -2.12. The highest BCUT2D eigenvalue weighted by Gasteiger charge is 2.17. The third kappa shape index (κ3) is 1.98. The van der Waals surface area contributed by atoms with Crippen LogP contribution in [0.1, 0.15) is 55.7 Å². The Morgan fingerprint density at radius 3 is 2.64 bits per heavy atom. The molecule has 0 bridgehead atoms. The number of nitrogens with two attached hydrogens (primary N) is 1. The second-order valence-corrected chi connectivity index (χ2v) is 4.44. The highest BCUT2D eigenvalue weighted by atomic mass is 14.6. The Balaban J connectivity index is 2.21. The van der Waals surface area contributed by atoms with E-state index >= 15 is 0 Å². The van der Waals surface area contributed by atoms with E-state index < -0.39 is 0 Å². The average Bonchev–Trinajstić information content (AvgIpc) is 2.71. The van der Waals surface area contributed by atoms with E-state index in [2.05, 4.69) is 24.3 Å². The molecule has 0 heterocycles. The van der Waals surface area contributed by atoms with Crippen LogP contribution in [0.2, 0.25) is 0 Å². The van der Waals surface area contributed by atoms with Gasteiger partial charge in [0, 0.05) is 6.04 Å². The summed E-state index contributed by atoms with van der Waals surface area (Å²) in [4.78, 5) is 0. The van der Waals surface area contributed by atoms with E-state index in [0.29, 0.717) is 0 Å². The van der Waals surface area contributed by atoms with Gasteiger partial charge < -0.3 is 5.73 Å². The van der Waals surface area contributed by atoms with E-state index in [9.17, 15) is 0 Å². The molecule has 2 N–H and O–H groups in total. The first-order chi connectivity index (χ1) is 6.77. The van der Waals surface area contributed by atoms with Crippen LogP contribution in [-0.2, 0) is 0 Å². The summed E-state index contributed by atoms with van der Waals surface area (Å²) < 4.78 is 0. The minimum atomic E-state index is 0.163. The van der Waals surface area contributed by atoms with Crippen molar-refractivity contribution in [1.82, 2.24) is 0 Å². The Morgan fingerprint density at radius 1 is 1.29 bits per heavy atom. The largest absolute Gasteiger partial charge is 0.324 e. The SMILES string of the molecule is CC(N)c1cccc(C2CCCC2)c1. The zero-order valence-electron chi connectivity index (χ0n) is 8.87. The van der Waals surface area contributed by atoms with Gasteiger partial charge in [-0.15, -0.1) is 0 Å². The molecular formula is C13H19N. The molecule has 1 nitrogen and oxygen atoms in total. The number of rotatable bonds is 2. The van der Waals surface area contributed by atoms with Crippen molar-refractivity contribution in [2.45, 2.75) is 44.6 Å². The van der Waals surface area contributed by atoms with E-state index in [1.807, 2.05) is 6.92 Å². The normalized spacial score (nSPS) is 19.9. The van der Waals surface area contributed by atoms with E-state index in [1.165, 1.54) is 36.8 Å². The molecule has 0 amide bonds. The predicted molar refractivity (Wildman–Crippen MR) is 60.3 cm³/mol. The minimum absolute atomic E-state index is 0.163. The van der Waals surface area contributed by atoms with Crippen LogP contribution in [0.25, 0.3) is 0 Å². The summed E-state index contributed by atoms with van der Waals surface area (Å²) >= 11 is 0. The van der Waals surface area contributed by atoms with Crippen LogP contribution in [0.5, 0.6) is 0 Å². The van der Waals surface area contributed by atoms with Crippen molar-refractivity contribution in [3.05, 3.63) is 35.4 Å². The maximum Gasteiger partial charge on any atom is 0.0266 e. The van der Waals surface area contributed by atoms with Gasteiger partial charge >= 0.3 is 0 Å². The lowest BCUT2D eigenvalue weighted by Crippen LogP contribution is -2.05. The van der Waals surface area contributed by atoms with Gasteiger partial charge in [0.15, 0.2) is 0 Å². The number of hydrogen-bond acceptors (Lipinski definition) is 1. The van der Waals surface area contributed by atoms with Crippen LogP contribution < -0.4 is 5.73 Å².